The predicted molar refractivity (Wildman–Crippen MR) is 128 cm³/mol. The smallest absolute Gasteiger partial charge is 0.433 e. The number of carbonyl (C=O) groups excluding carboxylic acids is 2. The number of halogens is 3. The van der Waals surface area contributed by atoms with Crippen molar-refractivity contribution in [1.29, 1.82) is 0 Å². The molecule has 2 aromatic heterocycles. The Kier molecular flexibility index (Phi) is 6.28. The summed E-state index contributed by atoms with van der Waals surface area (Å²) in [7, 11) is 1.48. The third-order valence-electron chi connectivity index (χ3n) is 6.20. The van der Waals surface area contributed by atoms with Crippen LogP contribution in [-0.2, 0) is 17.5 Å². The van der Waals surface area contributed by atoms with Crippen molar-refractivity contribution in [3.63, 3.8) is 0 Å². The summed E-state index contributed by atoms with van der Waals surface area (Å²) in [6, 6.07) is 16.7. The highest BCUT2D eigenvalue weighted by Crippen LogP contribution is 2.33. The van der Waals surface area contributed by atoms with Crippen LogP contribution in [0.5, 0.6) is 5.75 Å². The predicted octanol–water partition coefficient (Wildman–Crippen LogP) is 3.91. The van der Waals surface area contributed by atoms with Gasteiger partial charge in [0.2, 0.25) is 5.91 Å². The average Bonchev–Trinajstić information content (AvgIpc) is 3.33. The van der Waals surface area contributed by atoms with E-state index in [0.29, 0.717) is 28.9 Å². The summed E-state index contributed by atoms with van der Waals surface area (Å²) < 4.78 is 47.5. The molecule has 0 unspecified atom stereocenters. The van der Waals surface area contributed by atoms with Gasteiger partial charge >= 0.3 is 6.18 Å². The Balaban J connectivity index is 1.45. The molecule has 0 radical (unpaired) electrons. The van der Waals surface area contributed by atoms with E-state index >= 15 is 0 Å². The molecule has 2 aromatic carbocycles. The Hall–Kier alpha value is -4.41. The number of carbonyl (C=O) groups is 2. The van der Waals surface area contributed by atoms with E-state index in [1.54, 1.807) is 29.2 Å². The number of piperazine rings is 1. The van der Waals surface area contributed by atoms with E-state index in [4.69, 9.17) is 4.74 Å². The van der Waals surface area contributed by atoms with Gasteiger partial charge in [-0.05, 0) is 35.9 Å². The first kappa shape index (κ1) is 24.3. The number of methoxy groups -OCH3 is 1. The first-order chi connectivity index (χ1) is 17.7. The number of fused-ring (bicyclic) bond motifs is 1. The van der Waals surface area contributed by atoms with E-state index < -0.39 is 17.8 Å². The minimum absolute atomic E-state index is 0.0285. The van der Waals surface area contributed by atoms with Crippen LogP contribution in [0.2, 0.25) is 0 Å². The van der Waals surface area contributed by atoms with Gasteiger partial charge in [0, 0.05) is 25.2 Å². The van der Waals surface area contributed by atoms with Gasteiger partial charge in [-0.2, -0.15) is 18.3 Å². The molecule has 190 valence electrons. The second-order valence-corrected chi connectivity index (χ2v) is 8.57. The van der Waals surface area contributed by atoms with Gasteiger partial charge in [-0.1, -0.05) is 30.3 Å². The fraction of sp³-hybridized carbons (Fsp3) is 0.231. The van der Waals surface area contributed by atoms with Gasteiger partial charge in [-0.15, -0.1) is 0 Å². The Morgan fingerprint density at radius 3 is 2.43 bits per heavy atom. The third kappa shape index (κ3) is 4.84. The van der Waals surface area contributed by atoms with Crippen LogP contribution in [0.15, 0.2) is 66.9 Å². The van der Waals surface area contributed by atoms with E-state index in [2.05, 4.69) is 10.1 Å². The summed E-state index contributed by atoms with van der Waals surface area (Å²) in [4.78, 5) is 33.4. The Morgan fingerprint density at radius 2 is 1.78 bits per heavy atom. The number of rotatable bonds is 5. The topological polar surface area (TPSA) is 80.0 Å². The zero-order valence-electron chi connectivity index (χ0n) is 19.8. The molecular weight excluding hydrogens is 487 g/mol. The van der Waals surface area contributed by atoms with Crippen molar-refractivity contribution in [1.82, 2.24) is 24.4 Å². The number of nitrogens with zero attached hydrogens (tertiary/aromatic N) is 5. The van der Waals surface area contributed by atoms with Crippen molar-refractivity contribution in [2.24, 2.45) is 0 Å². The lowest BCUT2D eigenvalue weighted by molar-refractivity contribution is -0.142. The second kappa shape index (κ2) is 9.57. The molecule has 8 nitrogen and oxygen atoms in total. The molecule has 3 heterocycles. The molecular formula is C26H22F3N5O3. The van der Waals surface area contributed by atoms with E-state index in [9.17, 15) is 22.8 Å². The largest absolute Gasteiger partial charge is 0.497 e. The van der Waals surface area contributed by atoms with Gasteiger partial charge in [-0.25, -0.2) is 9.50 Å². The third-order valence-corrected chi connectivity index (χ3v) is 6.20. The zero-order chi connectivity index (χ0) is 26.2. The molecule has 2 amide bonds. The maximum atomic E-state index is 13.9. The van der Waals surface area contributed by atoms with Crippen molar-refractivity contribution < 1.29 is 27.5 Å². The summed E-state index contributed by atoms with van der Waals surface area (Å²) >= 11 is 0. The summed E-state index contributed by atoms with van der Waals surface area (Å²) in [5.74, 6) is -0.310. The molecule has 5 rings (SSSR count). The lowest BCUT2D eigenvalue weighted by atomic mass is 10.1. The number of hydrogen-bond acceptors (Lipinski definition) is 5. The van der Waals surface area contributed by atoms with Crippen LogP contribution in [0, 0.1) is 0 Å². The van der Waals surface area contributed by atoms with Gasteiger partial charge in [0.15, 0.2) is 11.3 Å². The molecule has 1 aliphatic heterocycles. The van der Waals surface area contributed by atoms with Gasteiger partial charge in [0.05, 0.1) is 19.0 Å². The Morgan fingerprint density at radius 1 is 1.05 bits per heavy atom. The van der Waals surface area contributed by atoms with Crippen molar-refractivity contribution in [2.75, 3.05) is 26.7 Å². The summed E-state index contributed by atoms with van der Waals surface area (Å²) in [5, 5.41) is 3.82. The SMILES string of the molecule is COc1ccc(-c2cc(C(F)(F)F)n3ncc(C(=O)N4CCN(Cc5ccccc5)C(=O)C4)c3n2)cc1. The Labute approximate surface area is 209 Å². The average molecular weight is 509 g/mol. The van der Waals surface area contributed by atoms with Crippen LogP contribution >= 0.6 is 0 Å². The van der Waals surface area contributed by atoms with Crippen LogP contribution in [0.3, 0.4) is 0 Å². The van der Waals surface area contributed by atoms with Crippen LogP contribution < -0.4 is 4.74 Å². The number of ether oxygens (including phenoxy) is 1. The number of benzene rings is 2. The van der Waals surface area contributed by atoms with E-state index in [-0.39, 0.29) is 35.9 Å². The molecule has 1 fully saturated rings. The lowest BCUT2D eigenvalue weighted by Gasteiger charge is -2.34. The maximum Gasteiger partial charge on any atom is 0.433 e. The molecule has 0 atom stereocenters. The first-order valence-corrected chi connectivity index (χ1v) is 11.5. The second-order valence-electron chi connectivity index (χ2n) is 8.57. The van der Waals surface area contributed by atoms with E-state index in [1.165, 1.54) is 12.0 Å². The molecule has 0 saturated carbocycles. The molecule has 0 spiro atoms. The van der Waals surface area contributed by atoms with E-state index in [1.807, 2.05) is 30.3 Å². The molecule has 0 aliphatic carbocycles. The van der Waals surface area contributed by atoms with Gasteiger partial charge in [-0.3, -0.25) is 9.59 Å². The standard InChI is InChI=1S/C26H22F3N5O3/c1-37-19-9-7-18(8-10-19)21-13-22(26(27,28)29)34-24(31-21)20(14-30-34)25(36)33-12-11-32(23(35)16-33)15-17-5-3-2-4-6-17/h2-10,13-14H,11-12,15-16H2,1H3. The van der Waals surface area contributed by atoms with Gasteiger partial charge < -0.3 is 14.5 Å². The van der Waals surface area contributed by atoms with Gasteiger partial charge in [0.25, 0.3) is 5.91 Å². The van der Waals surface area contributed by atoms with Crippen LogP contribution in [-0.4, -0.2) is 63.0 Å². The van der Waals surface area contributed by atoms with Crippen molar-refractivity contribution in [3.05, 3.63) is 83.7 Å². The summed E-state index contributed by atoms with van der Waals surface area (Å²) in [5.41, 5.74) is 0.00758. The quantitative estimate of drug-likeness (QED) is 0.408. The van der Waals surface area contributed by atoms with Crippen molar-refractivity contribution in [3.8, 4) is 17.0 Å². The first-order valence-electron chi connectivity index (χ1n) is 11.5. The lowest BCUT2D eigenvalue weighted by Crippen LogP contribution is -2.51. The zero-order valence-corrected chi connectivity index (χ0v) is 19.8. The van der Waals surface area contributed by atoms with Crippen LogP contribution in [0.1, 0.15) is 21.6 Å². The van der Waals surface area contributed by atoms with E-state index in [0.717, 1.165) is 17.8 Å². The number of hydrogen-bond donors (Lipinski definition) is 0. The highest BCUT2D eigenvalue weighted by atomic mass is 19.4. The molecule has 1 saturated heterocycles. The molecule has 11 heteroatoms. The fourth-order valence-electron chi connectivity index (χ4n) is 4.25. The highest BCUT2D eigenvalue weighted by molar-refractivity contribution is 6.01. The van der Waals surface area contributed by atoms with Gasteiger partial charge in [0.1, 0.15) is 17.9 Å². The summed E-state index contributed by atoms with van der Waals surface area (Å²) in [6.07, 6.45) is -3.67. The highest BCUT2D eigenvalue weighted by Gasteiger charge is 2.37. The molecule has 37 heavy (non-hydrogen) atoms. The maximum absolute atomic E-state index is 13.9. The fourth-order valence-corrected chi connectivity index (χ4v) is 4.25. The minimum atomic E-state index is -4.74. The number of amides is 2. The molecule has 0 N–H and O–H groups in total. The van der Waals surface area contributed by atoms with Crippen molar-refractivity contribution in [2.45, 2.75) is 12.7 Å². The minimum Gasteiger partial charge on any atom is -0.497 e. The number of alkyl halides is 3. The number of aromatic nitrogens is 3. The normalized spacial score (nSPS) is 14.3. The van der Waals surface area contributed by atoms with Crippen molar-refractivity contribution >= 4 is 17.5 Å². The molecule has 4 aromatic rings. The van der Waals surface area contributed by atoms with Crippen LogP contribution in [0.25, 0.3) is 16.9 Å². The molecule has 0 bridgehead atoms. The Bertz CT molecular complexity index is 1450. The summed E-state index contributed by atoms with van der Waals surface area (Å²) in [6.45, 7) is 0.767. The van der Waals surface area contributed by atoms with Crippen LogP contribution in [0.4, 0.5) is 13.2 Å². The monoisotopic (exact) mass is 509 g/mol. The molecule has 1 aliphatic rings.